The standard InChI is InChI=1S/C69H48/c1-47-24-6-2-7-27-49(42-43-55(47)48-25-8-3-9-26-48)56-32-14-15-33-57(56)52-44-53(68-62-38-20-16-34-58(62)66(50-28-10-4-11-29-50)59-35-17-21-39-63(59)68)46-54(45-52)69-64-40-22-18-36-60(64)67(51-30-12-5-13-31-51)61-37-19-23-41-65(61)69/h2-46H,1H3. The van der Waals surface area contributed by atoms with E-state index in [0.717, 1.165) is 11.1 Å². The van der Waals surface area contributed by atoms with Gasteiger partial charge in [0.05, 0.1) is 0 Å². The van der Waals surface area contributed by atoms with E-state index in [-0.39, 0.29) is 0 Å². The third kappa shape index (κ3) is 7.63. The first-order valence-electron chi connectivity index (χ1n) is 23.9. The van der Waals surface area contributed by atoms with Crippen molar-refractivity contribution in [3.05, 3.63) is 279 Å². The van der Waals surface area contributed by atoms with Crippen LogP contribution in [0.4, 0.5) is 0 Å². The van der Waals surface area contributed by atoms with Gasteiger partial charge in [0.1, 0.15) is 0 Å². The molecule has 0 atom stereocenters. The summed E-state index contributed by atoms with van der Waals surface area (Å²) in [5.74, 6) is 0. The maximum atomic E-state index is 2.47. The molecular weight excluding hydrogens is 829 g/mol. The van der Waals surface area contributed by atoms with Crippen LogP contribution in [-0.2, 0) is 0 Å². The van der Waals surface area contributed by atoms with E-state index in [1.165, 1.54) is 115 Å². The van der Waals surface area contributed by atoms with Crippen molar-refractivity contribution >= 4 is 43.1 Å². The molecule has 12 aromatic carbocycles. The van der Waals surface area contributed by atoms with Crippen LogP contribution >= 0.6 is 0 Å². The molecule has 0 saturated heterocycles. The van der Waals surface area contributed by atoms with Crippen LogP contribution in [0.5, 0.6) is 0 Å². The number of hydrogen-bond acceptors (Lipinski definition) is 0. The Bertz CT molecular complexity index is 3640. The van der Waals surface area contributed by atoms with Gasteiger partial charge in [-0.2, -0.15) is 0 Å². The topological polar surface area (TPSA) is 0 Å². The van der Waals surface area contributed by atoms with Crippen LogP contribution in [0.1, 0.15) is 5.56 Å². The van der Waals surface area contributed by atoms with Crippen LogP contribution in [0, 0.1) is 6.92 Å². The molecule has 0 saturated carbocycles. The lowest BCUT2D eigenvalue weighted by molar-refractivity contribution is 1.47. The monoisotopic (exact) mass is 876 g/mol. The molecule has 0 aliphatic heterocycles. The second-order valence-corrected chi connectivity index (χ2v) is 17.9. The van der Waals surface area contributed by atoms with Crippen molar-refractivity contribution in [2.75, 3.05) is 0 Å². The molecule has 0 amide bonds. The Morgan fingerprint density at radius 3 is 0.812 bits per heavy atom. The smallest absolute Gasteiger partial charge is 0.00259 e. The zero-order chi connectivity index (χ0) is 46.1. The molecule has 0 aliphatic rings. The molecule has 0 bridgehead atoms. The molecule has 324 valence electrons. The minimum atomic E-state index is 1.14. The third-order valence-electron chi connectivity index (χ3n) is 13.8. The van der Waals surface area contributed by atoms with E-state index in [9.17, 15) is 0 Å². The third-order valence-corrected chi connectivity index (χ3v) is 13.8. The zero-order valence-corrected chi connectivity index (χ0v) is 38.5. The van der Waals surface area contributed by atoms with Crippen molar-refractivity contribution in [2.24, 2.45) is 0 Å². The summed E-state index contributed by atoms with van der Waals surface area (Å²) in [4.78, 5) is 0. The Morgan fingerprint density at radius 2 is 0.435 bits per heavy atom. The van der Waals surface area contributed by atoms with Crippen LogP contribution < -0.4 is 0 Å². The second kappa shape index (κ2) is 18.1. The summed E-state index contributed by atoms with van der Waals surface area (Å²) >= 11 is 0. The van der Waals surface area contributed by atoms with E-state index in [1.807, 2.05) is 0 Å². The highest BCUT2D eigenvalue weighted by Gasteiger charge is 2.22. The lowest BCUT2D eigenvalue weighted by atomic mass is 9.82. The fraction of sp³-hybridized carbons (Fsp3) is 0.0145. The lowest BCUT2D eigenvalue weighted by Crippen LogP contribution is -1.94. The molecule has 0 fully saturated rings. The molecule has 12 rings (SSSR count). The van der Waals surface area contributed by atoms with E-state index in [4.69, 9.17) is 0 Å². The SMILES string of the molecule is Cc1cccccc(-c2ccccc2-c2cc(-c3c4ccccc4c(-c4ccccc4)c4ccccc34)cc(-c3c4ccccc4c(-c4ccccc4)c4ccccc34)c2)ccc1-c1ccccc1. The summed E-state index contributed by atoms with van der Waals surface area (Å²) in [7, 11) is 0. The van der Waals surface area contributed by atoms with E-state index >= 15 is 0 Å². The number of hydrogen-bond donors (Lipinski definition) is 0. The van der Waals surface area contributed by atoms with Crippen molar-refractivity contribution in [2.45, 2.75) is 6.92 Å². The predicted octanol–water partition coefficient (Wildman–Crippen LogP) is 19.4. The summed E-state index contributed by atoms with van der Waals surface area (Å²) in [5, 5.41) is 9.87. The molecule has 0 unspecified atom stereocenters. The molecule has 69 heavy (non-hydrogen) atoms. The Kier molecular flexibility index (Phi) is 10.9. The number of rotatable bonds is 7. The van der Waals surface area contributed by atoms with Gasteiger partial charge >= 0.3 is 0 Å². The number of fused-ring (bicyclic) bond motifs is 4. The summed E-state index contributed by atoms with van der Waals surface area (Å²) in [6.45, 7) is 2.20. The molecule has 0 heteroatoms. The van der Waals surface area contributed by atoms with Crippen molar-refractivity contribution in [3.8, 4) is 77.9 Å². The molecule has 0 heterocycles. The van der Waals surface area contributed by atoms with Crippen LogP contribution in [0.15, 0.2) is 273 Å². The van der Waals surface area contributed by atoms with Crippen LogP contribution in [-0.4, -0.2) is 0 Å². The first-order valence-corrected chi connectivity index (χ1v) is 23.9. The van der Waals surface area contributed by atoms with Gasteiger partial charge in [-0.05, 0) is 152 Å². The largest absolute Gasteiger partial charge is 0.0622 e. The molecule has 0 radical (unpaired) electrons. The average Bonchev–Trinajstić information content (AvgIpc) is 3.41. The van der Waals surface area contributed by atoms with Gasteiger partial charge in [0.25, 0.3) is 0 Å². The van der Waals surface area contributed by atoms with E-state index in [0.29, 0.717) is 0 Å². The summed E-state index contributed by atoms with van der Waals surface area (Å²) < 4.78 is 0. The minimum Gasteiger partial charge on any atom is -0.0622 e. The molecule has 0 nitrogen and oxygen atoms in total. The summed E-state index contributed by atoms with van der Waals surface area (Å²) in [5.41, 5.74) is 18.0. The van der Waals surface area contributed by atoms with Crippen molar-refractivity contribution in [1.82, 2.24) is 0 Å². The van der Waals surface area contributed by atoms with E-state index in [1.54, 1.807) is 0 Å². The molecule has 0 aliphatic carbocycles. The van der Waals surface area contributed by atoms with Crippen molar-refractivity contribution in [3.63, 3.8) is 0 Å². The fourth-order valence-electron chi connectivity index (χ4n) is 10.8. The second-order valence-electron chi connectivity index (χ2n) is 17.9. The summed E-state index contributed by atoms with van der Waals surface area (Å²) in [6.07, 6.45) is 0. The van der Waals surface area contributed by atoms with Gasteiger partial charge < -0.3 is 0 Å². The first kappa shape index (κ1) is 41.6. The maximum absolute atomic E-state index is 2.47. The highest BCUT2D eigenvalue weighted by Crippen LogP contribution is 2.49. The van der Waals surface area contributed by atoms with Gasteiger partial charge in [0, 0.05) is 0 Å². The quantitative estimate of drug-likeness (QED) is 0.140. The zero-order valence-electron chi connectivity index (χ0n) is 38.5. The van der Waals surface area contributed by atoms with Gasteiger partial charge in [0.2, 0.25) is 0 Å². The van der Waals surface area contributed by atoms with Gasteiger partial charge in [-0.15, -0.1) is 0 Å². The van der Waals surface area contributed by atoms with Gasteiger partial charge in [0.15, 0.2) is 0 Å². The molecule has 0 N–H and O–H groups in total. The Morgan fingerprint density at radius 1 is 0.174 bits per heavy atom. The molecule has 0 spiro atoms. The van der Waals surface area contributed by atoms with Crippen molar-refractivity contribution in [1.29, 1.82) is 0 Å². The lowest BCUT2D eigenvalue weighted by Gasteiger charge is -2.21. The maximum Gasteiger partial charge on any atom is -0.00259 e. The van der Waals surface area contributed by atoms with E-state index < -0.39 is 0 Å². The normalized spacial score (nSPS) is 11.3. The molecular formula is C69H48. The number of aryl methyl sites for hydroxylation is 1. The minimum absolute atomic E-state index is 1.14. The van der Waals surface area contributed by atoms with E-state index in [2.05, 4.69) is 280 Å². The van der Waals surface area contributed by atoms with Crippen LogP contribution in [0.3, 0.4) is 0 Å². The van der Waals surface area contributed by atoms with Gasteiger partial charge in [-0.3, -0.25) is 0 Å². The first-order chi connectivity index (χ1) is 34.2. The Balaban J connectivity index is 1.19. The fourth-order valence-corrected chi connectivity index (χ4v) is 10.8. The summed E-state index contributed by atoms with van der Waals surface area (Å²) in [6, 6.07) is 100. The van der Waals surface area contributed by atoms with Crippen LogP contribution in [0.25, 0.3) is 121 Å². The predicted molar refractivity (Wildman–Crippen MR) is 297 cm³/mol. The van der Waals surface area contributed by atoms with Gasteiger partial charge in [-0.1, -0.05) is 255 Å². The number of benzene rings is 11. The Hall–Kier alpha value is -8.84. The Labute approximate surface area is 404 Å². The average molecular weight is 877 g/mol. The molecule has 0 aromatic heterocycles. The highest BCUT2D eigenvalue weighted by atomic mass is 14.2. The van der Waals surface area contributed by atoms with Crippen molar-refractivity contribution < 1.29 is 0 Å². The highest BCUT2D eigenvalue weighted by molar-refractivity contribution is 6.24. The molecule has 12 aromatic rings. The van der Waals surface area contributed by atoms with Crippen LogP contribution in [0.2, 0.25) is 0 Å². The van der Waals surface area contributed by atoms with Gasteiger partial charge in [-0.25, -0.2) is 0 Å².